The Hall–Kier alpha value is -1.09. The quantitative estimate of drug-likeness (QED) is 0.770. The van der Waals surface area contributed by atoms with E-state index in [4.69, 9.17) is 17.0 Å². The molecule has 1 fully saturated rings. The molecule has 14 heavy (non-hydrogen) atoms. The Morgan fingerprint density at radius 2 is 2.29 bits per heavy atom. The largest absolute Gasteiger partial charge is 0.497 e. The number of anilines is 1. The predicted octanol–water partition coefficient (Wildman–Crippen LogP) is 2.84. The Morgan fingerprint density at radius 1 is 1.50 bits per heavy atom. The second-order valence-corrected chi connectivity index (χ2v) is 3.94. The summed E-state index contributed by atoms with van der Waals surface area (Å²) in [5.41, 5.74) is 1.02. The lowest BCUT2D eigenvalue weighted by atomic mass is 10.3. The summed E-state index contributed by atoms with van der Waals surface area (Å²) < 4.78 is 5.13. The molecule has 1 saturated carbocycles. The van der Waals surface area contributed by atoms with Gasteiger partial charge in [0.2, 0.25) is 0 Å². The van der Waals surface area contributed by atoms with Crippen molar-refractivity contribution in [2.45, 2.75) is 12.8 Å². The summed E-state index contributed by atoms with van der Waals surface area (Å²) in [5, 5.41) is 3.23. The number of nitrogens with one attached hydrogen (secondary N) is 1. The van der Waals surface area contributed by atoms with Crippen LogP contribution in [0.15, 0.2) is 24.3 Å². The van der Waals surface area contributed by atoms with Crippen molar-refractivity contribution in [2.75, 3.05) is 12.4 Å². The normalized spacial score (nSPS) is 14.9. The molecule has 1 aromatic rings. The van der Waals surface area contributed by atoms with Gasteiger partial charge in [-0.2, -0.15) is 0 Å². The van der Waals surface area contributed by atoms with E-state index in [0.29, 0.717) is 5.92 Å². The van der Waals surface area contributed by atoms with Crippen molar-refractivity contribution < 1.29 is 4.74 Å². The van der Waals surface area contributed by atoms with Crippen LogP contribution in [0.3, 0.4) is 0 Å². The molecule has 0 saturated heterocycles. The smallest absolute Gasteiger partial charge is 0.120 e. The summed E-state index contributed by atoms with van der Waals surface area (Å²) in [4.78, 5) is 0.957. The Bertz CT molecular complexity index is 347. The molecule has 74 valence electrons. The Kier molecular flexibility index (Phi) is 2.68. The summed E-state index contributed by atoms with van der Waals surface area (Å²) in [6, 6.07) is 7.83. The fourth-order valence-electron chi connectivity index (χ4n) is 1.29. The van der Waals surface area contributed by atoms with Gasteiger partial charge in [-0.15, -0.1) is 0 Å². The minimum atomic E-state index is 0.608. The summed E-state index contributed by atoms with van der Waals surface area (Å²) in [7, 11) is 1.67. The van der Waals surface area contributed by atoms with Crippen LogP contribution < -0.4 is 10.1 Å². The van der Waals surface area contributed by atoms with Gasteiger partial charge in [-0.1, -0.05) is 18.3 Å². The number of methoxy groups -OCH3 is 1. The molecule has 0 unspecified atom stereocenters. The highest BCUT2D eigenvalue weighted by Crippen LogP contribution is 2.31. The van der Waals surface area contributed by atoms with Crippen LogP contribution in [0.4, 0.5) is 5.69 Å². The van der Waals surface area contributed by atoms with Gasteiger partial charge in [0.25, 0.3) is 0 Å². The van der Waals surface area contributed by atoms with E-state index in [1.165, 1.54) is 12.8 Å². The summed E-state index contributed by atoms with van der Waals surface area (Å²) in [6.45, 7) is 0. The third-order valence-electron chi connectivity index (χ3n) is 2.29. The molecular weight excluding hydrogens is 194 g/mol. The van der Waals surface area contributed by atoms with Gasteiger partial charge in [0.1, 0.15) is 5.75 Å². The van der Waals surface area contributed by atoms with Crippen LogP contribution in [0.5, 0.6) is 5.75 Å². The Labute approximate surface area is 89.3 Å². The van der Waals surface area contributed by atoms with E-state index < -0.39 is 0 Å². The number of benzene rings is 1. The van der Waals surface area contributed by atoms with E-state index in [-0.39, 0.29) is 0 Å². The highest BCUT2D eigenvalue weighted by atomic mass is 32.1. The van der Waals surface area contributed by atoms with Gasteiger partial charge in [-0.25, -0.2) is 0 Å². The number of rotatable bonds is 3. The number of hydrogen-bond donors (Lipinski definition) is 1. The topological polar surface area (TPSA) is 21.3 Å². The summed E-state index contributed by atoms with van der Waals surface area (Å²) in [5.74, 6) is 1.46. The molecule has 0 atom stereocenters. The molecule has 0 bridgehead atoms. The first-order valence-electron chi connectivity index (χ1n) is 4.74. The van der Waals surface area contributed by atoms with E-state index in [9.17, 15) is 0 Å². The summed E-state index contributed by atoms with van der Waals surface area (Å²) >= 11 is 5.25. The van der Waals surface area contributed by atoms with E-state index in [1.54, 1.807) is 7.11 Å². The van der Waals surface area contributed by atoms with Gasteiger partial charge in [-0.3, -0.25) is 0 Å². The molecule has 0 aromatic heterocycles. The molecule has 3 heteroatoms. The fraction of sp³-hybridized carbons (Fsp3) is 0.364. The molecule has 0 spiro atoms. The fourth-order valence-corrected chi connectivity index (χ4v) is 1.64. The molecule has 0 heterocycles. The van der Waals surface area contributed by atoms with Crippen molar-refractivity contribution in [1.29, 1.82) is 0 Å². The second kappa shape index (κ2) is 3.96. The zero-order chi connectivity index (χ0) is 9.97. The molecule has 2 rings (SSSR count). The van der Waals surface area contributed by atoms with Crippen molar-refractivity contribution in [3.63, 3.8) is 0 Å². The molecule has 2 nitrogen and oxygen atoms in total. The zero-order valence-electron chi connectivity index (χ0n) is 8.12. The van der Waals surface area contributed by atoms with Gasteiger partial charge < -0.3 is 10.1 Å². The first-order valence-corrected chi connectivity index (χ1v) is 5.15. The molecule has 0 radical (unpaired) electrons. The molecule has 1 aromatic carbocycles. The molecule has 1 N–H and O–H groups in total. The van der Waals surface area contributed by atoms with Crippen molar-refractivity contribution in [2.24, 2.45) is 5.92 Å². The van der Waals surface area contributed by atoms with Crippen LogP contribution in [0.2, 0.25) is 0 Å². The average molecular weight is 207 g/mol. The molecule has 0 amide bonds. The van der Waals surface area contributed by atoms with Crippen LogP contribution in [0.1, 0.15) is 12.8 Å². The lowest BCUT2D eigenvalue weighted by Crippen LogP contribution is -2.10. The van der Waals surface area contributed by atoms with E-state index in [2.05, 4.69) is 5.32 Å². The zero-order valence-corrected chi connectivity index (χ0v) is 8.93. The molecule has 1 aliphatic carbocycles. The highest BCUT2D eigenvalue weighted by Gasteiger charge is 2.26. The van der Waals surface area contributed by atoms with Gasteiger partial charge in [0.15, 0.2) is 0 Å². The first-order chi connectivity index (χ1) is 6.79. The van der Waals surface area contributed by atoms with Crippen LogP contribution in [0.25, 0.3) is 0 Å². The molecule has 1 aliphatic rings. The SMILES string of the molecule is COc1cccc(NC(=S)C2CC2)c1. The van der Waals surface area contributed by atoms with Crippen molar-refractivity contribution in [3.05, 3.63) is 24.3 Å². The standard InChI is InChI=1S/C11H13NOS/c1-13-10-4-2-3-9(7-10)12-11(14)8-5-6-8/h2-4,7-8H,5-6H2,1H3,(H,12,14). The van der Waals surface area contributed by atoms with E-state index in [1.807, 2.05) is 24.3 Å². The van der Waals surface area contributed by atoms with Crippen LogP contribution in [0, 0.1) is 5.92 Å². The maximum atomic E-state index is 5.25. The van der Waals surface area contributed by atoms with Gasteiger partial charge >= 0.3 is 0 Å². The second-order valence-electron chi connectivity index (χ2n) is 3.50. The van der Waals surface area contributed by atoms with Crippen molar-refractivity contribution >= 4 is 22.9 Å². The van der Waals surface area contributed by atoms with Crippen molar-refractivity contribution in [1.82, 2.24) is 0 Å². The number of hydrogen-bond acceptors (Lipinski definition) is 2. The van der Waals surface area contributed by atoms with Gasteiger partial charge in [-0.05, 0) is 25.0 Å². The minimum Gasteiger partial charge on any atom is -0.497 e. The maximum Gasteiger partial charge on any atom is 0.120 e. The number of ether oxygens (including phenoxy) is 1. The van der Waals surface area contributed by atoms with Crippen LogP contribution in [-0.2, 0) is 0 Å². The summed E-state index contributed by atoms with van der Waals surface area (Å²) in [6.07, 6.45) is 2.46. The lowest BCUT2D eigenvalue weighted by molar-refractivity contribution is 0.415. The third kappa shape index (κ3) is 2.23. The van der Waals surface area contributed by atoms with Gasteiger partial charge in [0, 0.05) is 17.7 Å². The van der Waals surface area contributed by atoms with E-state index in [0.717, 1.165) is 16.4 Å². The maximum absolute atomic E-state index is 5.25. The van der Waals surface area contributed by atoms with E-state index >= 15 is 0 Å². The Balaban J connectivity index is 2.04. The molecular formula is C11H13NOS. The lowest BCUT2D eigenvalue weighted by Gasteiger charge is -2.07. The van der Waals surface area contributed by atoms with Crippen LogP contribution in [-0.4, -0.2) is 12.1 Å². The monoisotopic (exact) mass is 207 g/mol. The predicted molar refractivity (Wildman–Crippen MR) is 61.9 cm³/mol. The van der Waals surface area contributed by atoms with Gasteiger partial charge in [0.05, 0.1) is 12.1 Å². The average Bonchev–Trinajstić information content (AvgIpc) is 3.01. The number of thiocarbonyl (C=S) groups is 1. The highest BCUT2D eigenvalue weighted by molar-refractivity contribution is 7.80. The van der Waals surface area contributed by atoms with Crippen LogP contribution >= 0.6 is 12.2 Å². The molecule has 0 aliphatic heterocycles. The third-order valence-corrected chi connectivity index (χ3v) is 2.72. The first kappa shape index (κ1) is 9.46. The Morgan fingerprint density at radius 3 is 2.93 bits per heavy atom. The minimum absolute atomic E-state index is 0.608. The van der Waals surface area contributed by atoms with Crippen molar-refractivity contribution in [3.8, 4) is 5.75 Å².